The quantitative estimate of drug-likeness (QED) is 0.599. The maximum absolute atomic E-state index is 13.3. The van der Waals surface area contributed by atoms with Gasteiger partial charge in [-0.05, 0) is 48.9 Å². The third-order valence-electron chi connectivity index (χ3n) is 6.76. The number of amides is 1. The van der Waals surface area contributed by atoms with Gasteiger partial charge in [-0.1, -0.05) is 49.4 Å². The Labute approximate surface area is 190 Å². The molecular weight excluding hydrogens is 396 g/mol. The van der Waals surface area contributed by atoms with Gasteiger partial charge in [0.2, 0.25) is 0 Å². The van der Waals surface area contributed by atoms with Crippen molar-refractivity contribution in [2.24, 2.45) is 5.92 Å². The number of anilines is 1. The van der Waals surface area contributed by atoms with E-state index in [9.17, 15) is 4.79 Å². The van der Waals surface area contributed by atoms with E-state index in [1.807, 2.05) is 54.3 Å². The van der Waals surface area contributed by atoms with Gasteiger partial charge in [0.1, 0.15) is 11.6 Å². The second-order valence-corrected chi connectivity index (χ2v) is 9.11. The molecule has 32 heavy (non-hydrogen) atoms. The lowest BCUT2D eigenvalue weighted by atomic mass is 9.98. The van der Waals surface area contributed by atoms with Crippen LogP contribution in [0.5, 0.6) is 0 Å². The van der Waals surface area contributed by atoms with E-state index in [-0.39, 0.29) is 5.91 Å². The minimum atomic E-state index is 0.0778. The van der Waals surface area contributed by atoms with E-state index in [2.05, 4.69) is 24.0 Å². The van der Waals surface area contributed by atoms with Crippen LogP contribution in [0.25, 0.3) is 11.1 Å². The molecule has 0 aliphatic carbocycles. The fourth-order valence-corrected chi connectivity index (χ4v) is 4.79. The maximum atomic E-state index is 13.3. The van der Waals surface area contributed by atoms with Crippen LogP contribution in [0.2, 0.25) is 0 Å². The van der Waals surface area contributed by atoms with E-state index in [1.54, 1.807) is 0 Å². The Morgan fingerprint density at radius 1 is 0.906 bits per heavy atom. The third kappa shape index (κ3) is 4.12. The van der Waals surface area contributed by atoms with E-state index in [1.165, 1.54) is 12.8 Å². The van der Waals surface area contributed by atoms with Crippen molar-refractivity contribution < 1.29 is 4.79 Å². The minimum Gasteiger partial charge on any atom is -0.356 e. The normalized spacial score (nSPS) is 16.7. The van der Waals surface area contributed by atoms with Crippen molar-refractivity contribution in [3.05, 3.63) is 77.2 Å². The Kier molecular flexibility index (Phi) is 5.64. The Bertz CT molecular complexity index is 1100. The van der Waals surface area contributed by atoms with Crippen molar-refractivity contribution in [2.75, 3.05) is 24.5 Å². The number of hydrogen-bond donors (Lipinski definition) is 0. The summed E-state index contributed by atoms with van der Waals surface area (Å²) in [6.07, 6.45) is 3.16. The summed E-state index contributed by atoms with van der Waals surface area (Å²) in [5.74, 6) is 2.71. The molecule has 1 saturated heterocycles. The smallest absolute Gasteiger partial charge is 0.254 e. The van der Waals surface area contributed by atoms with Crippen molar-refractivity contribution in [1.82, 2.24) is 14.9 Å². The van der Waals surface area contributed by atoms with E-state index in [4.69, 9.17) is 9.97 Å². The van der Waals surface area contributed by atoms with Crippen LogP contribution >= 0.6 is 0 Å². The van der Waals surface area contributed by atoms with Crippen LogP contribution in [-0.4, -0.2) is 40.4 Å². The molecule has 0 bridgehead atoms. The summed E-state index contributed by atoms with van der Waals surface area (Å²) < 4.78 is 0. The van der Waals surface area contributed by atoms with Gasteiger partial charge in [-0.3, -0.25) is 4.79 Å². The molecule has 3 heterocycles. The van der Waals surface area contributed by atoms with Gasteiger partial charge in [-0.25, -0.2) is 9.97 Å². The molecular formula is C27H30N4O. The summed E-state index contributed by atoms with van der Waals surface area (Å²) in [5.41, 5.74) is 5.25. The number of carbonyl (C=O) groups is 1. The molecule has 2 aliphatic heterocycles. The van der Waals surface area contributed by atoms with Crippen molar-refractivity contribution in [2.45, 2.75) is 39.7 Å². The lowest BCUT2D eigenvalue weighted by Crippen LogP contribution is -2.40. The fourth-order valence-electron chi connectivity index (χ4n) is 4.79. The van der Waals surface area contributed by atoms with Crippen molar-refractivity contribution in [1.29, 1.82) is 0 Å². The number of nitrogens with zero attached hydrogens (tertiary/aromatic N) is 4. The van der Waals surface area contributed by atoms with Crippen LogP contribution in [0, 0.1) is 12.8 Å². The maximum Gasteiger partial charge on any atom is 0.254 e. The first kappa shape index (κ1) is 20.7. The number of fused-ring (bicyclic) bond motifs is 1. The highest BCUT2D eigenvalue weighted by Crippen LogP contribution is 2.30. The highest BCUT2D eigenvalue weighted by Gasteiger charge is 2.29. The zero-order chi connectivity index (χ0) is 22.1. The van der Waals surface area contributed by atoms with Crippen LogP contribution in [0.4, 0.5) is 5.82 Å². The Morgan fingerprint density at radius 2 is 1.59 bits per heavy atom. The second-order valence-electron chi connectivity index (χ2n) is 9.11. The van der Waals surface area contributed by atoms with Gasteiger partial charge in [0, 0.05) is 37.2 Å². The number of hydrogen-bond acceptors (Lipinski definition) is 4. The summed E-state index contributed by atoms with van der Waals surface area (Å²) in [4.78, 5) is 27.2. The summed E-state index contributed by atoms with van der Waals surface area (Å²) in [6, 6.07) is 18.2. The number of benzene rings is 2. The van der Waals surface area contributed by atoms with Gasteiger partial charge in [-0.2, -0.15) is 0 Å². The molecule has 0 radical (unpaired) electrons. The topological polar surface area (TPSA) is 49.3 Å². The lowest BCUT2D eigenvalue weighted by Gasteiger charge is -2.36. The Hall–Kier alpha value is -3.21. The molecule has 0 spiro atoms. The lowest BCUT2D eigenvalue weighted by molar-refractivity contribution is 0.0733. The molecule has 1 amide bonds. The summed E-state index contributed by atoms with van der Waals surface area (Å²) in [5, 5.41) is 0. The summed E-state index contributed by atoms with van der Waals surface area (Å²) in [6.45, 7) is 7.62. The van der Waals surface area contributed by atoms with Gasteiger partial charge < -0.3 is 9.80 Å². The van der Waals surface area contributed by atoms with Gasteiger partial charge in [0.25, 0.3) is 5.91 Å². The van der Waals surface area contributed by atoms with E-state index in [0.717, 1.165) is 65.0 Å². The monoisotopic (exact) mass is 426 g/mol. The van der Waals surface area contributed by atoms with Gasteiger partial charge in [0.15, 0.2) is 0 Å². The largest absolute Gasteiger partial charge is 0.356 e. The summed E-state index contributed by atoms with van der Waals surface area (Å²) >= 11 is 0. The molecule has 164 valence electrons. The molecule has 2 aromatic carbocycles. The second kappa shape index (κ2) is 8.73. The Balaban J connectivity index is 1.37. The number of piperidine rings is 1. The molecule has 5 rings (SSSR count). The standard InChI is InChI=1S/C27H30N4O/c1-19-12-15-30(16-13-19)26-24-18-31(17-14-25(24)28-20(2)29-26)27(32)23-10-8-22(9-11-23)21-6-4-3-5-7-21/h3-11,19H,12-18H2,1-2H3. The molecule has 0 atom stereocenters. The Morgan fingerprint density at radius 3 is 2.31 bits per heavy atom. The summed E-state index contributed by atoms with van der Waals surface area (Å²) in [7, 11) is 0. The molecule has 1 aromatic heterocycles. The molecule has 2 aliphatic rings. The average Bonchev–Trinajstić information content (AvgIpc) is 2.84. The first-order valence-electron chi connectivity index (χ1n) is 11.6. The predicted octanol–water partition coefficient (Wildman–Crippen LogP) is 4.89. The highest BCUT2D eigenvalue weighted by molar-refractivity contribution is 5.95. The van der Waals surface area contributed by atoms with Crippen LogP contribution in [0.3, 0.4) is 0 Å². The molecule has 1 fully saturated rings. The van der Waals surface area contributed by atoms with E-state index < -0.39 is 0 Å². The minimum absolute atomic E-state index is 0.0778. The molecule has 0 unspecified atom stereocenters. The molecule has 3 aromatic rings. The fraction of sp³-hybridized carbons (Fsp3) is 0.370. The number of aromatic nitrogens is 2. The van der Waals surface area contributed by atoms with Crippen molar-refractivity contribution in [3.63, 3.8) is 0 Å². The number of rotatable bonds is 3. The van der Waals surface area contributed by atoms with Crippen LogP contribution in [0.15, 0.2) is 54.6 Å². The van der Waals surface area contributed by atoms with Crippen LogP contribution < -0.4 is 4.90 Å². The molecule has 0 N–H and O–H groups in total. The number of carbonyl (C=O) groups excluding carboxylic acids is 1. The first-order chi connectivity index (χ1) is 15.6. The first-order valence-corrected chi connectivity index (χ1v) is 11.6. The van der Waals surface area contributed by atoms with Gasteiger partial charge in [0.05, 0.1) is 12.2 Å². The average molecular weight is 427 g/mol. The van der Waals surface area contributed by atoms with Gasteiger partial charge in [-0.15, -0.1) is 0 Å². The molecule has 5 heteroatoms. The van der Waals surface area contributed by atoms with Crippen molar-refractivity contribution in [3.8, 4) is 11.1 Å². The van der Waals surface area contributed by atoms with Crippen LogP contribution in [-0.2, 0) is 13.0 Å². The SMILES string of the molecule is Cc1nc2c(c(N3CCC(C)CC3)n1)CN(C(=O)c1ccc(-c3ccccc3)cc1)CC2. The van der Waals surface area contributed by atoms with Gasteiger partial charge >= 0.3 is 0 Å². The zero-order valence-corrected chi connectivity index (χ0v) is 18.9. The third-order valence-corrected chi connectivity index (χ3v) is 6.76. The van der Waals surface area contributed by atoms with Crippen molar-refractivity contribution >= 4 is 11.7 Å². The highest BCUT2D eigenvalue weighted by atomic mass is 16.2. The van der Waals surface area contributed by atoms with E-state index in [0.29, 0.717) is 13.1 Å². The zero-order valence-electron chi connectivity index (χ0n) is 18.9. The predicted molar refractivity (Wildman–Crippen MR) is 128 cm³/mol. The van der Waals surface area contributed by atoms with E-state index >= 15 is 0 Å². The van der Waals surface area contributed by atoms with Crippen LogP contribution in [0.1, 0.15) is 47.2 Å². The number of aryl methyl sites for hydroxylation is 1. The molecule has 5 nitrogen and oxygen atoms in total. The molecule has 0 saturated carbocycles.